The highest BCUT2D eigenvalue weighted by atomic mass is 16.5. The van der Waals surface area contributed by atoms with E-state index in [1.807, 2.05) is 32.2 Å². The monoisotopic (exact) mass is 352 g/mol. The molecule has 7 heteroatoms. The SMILES string of the molecule is CNc1cc(C)nc([C@H]2COCCN2Cc2nc3ccccc3n2C)n1. The minimum absolute atomic E-state index is 0.0237. The number of morpholine rings is 1. The molecule has 3 heterocycles. The predicted octanol–water partition coefficient (Wildman–Crippen LogP) is 2.29. The van der Waals surface area contributed by atoms with Crippen LogP contribution in [0.25, 0.3) is 11.0 Å². The largest absolute Gasteiger partial charge is 0.378 e. The summed E-state index contributed by atoms with van der Waals surface area (Å²) < 4.78 is 7.90. The highest BCUT2D eigenvalue weighted by Gasteiger charge is 2.28. The number of nitrogens with zero attached hydrogens (tertiary/aromatic N) is 5. The summed E-state index contributed by atoms with van der Waals surface area (Å²) in [7, 11) is 3.95. The van der Waals surface area contributed by atoms with Gasteiger partial charge in [0.1, 0.15) is 17.5 Å². The molecule has 0 bridgehead atoms. The zero-order valence-electron chi connectivity index (χ0n) is 15.4. The summed E-state index contributed by atoms with van der Waals surface area (Å²) in [5, 5.41) is 3.11. The number of hydrogen-bond acceptors (Lipinski definition) is 6. The average Bonchev–Trinajstić information content (AvgIpc) is 2.97. The maximum absolute atomic E-state index is 5.74. The van der Waals surface area contributed by atoms with Crippen LogP contribution in [0, 0.1) is 6.92 Å². The fourth-order valence-corrected chi connectivity index (χ4v) is 3.45. The number of benzene rings is 1. The minimum Gasteiger partial charge on any atom is -0.378 e. The van der Waals surface area contributed by atoms with Crippen molar-refractivity contribution in [2.75, 3.05) is 32.1 Å². The van der Waals surface area contributed by atoms with Gasteiger partial charge < -0.3 is 14.6 Å². The molecule has 1 fully saturated rings. The van der Waals surface area contributed by atoms with Crippen LogP contribution in [0.1, 0.15) is 23.4 Å². The highest BCUT2D eigenvalue weighted by Crippen LogP contribution is 2.25. The summed E-state index contributed by atoms with van der Waals surface area (Å²) in [6.07, 6.45) is 0. The maximum atomic E-state index is 5.74. The zero-order valence-corrected chi connectivity index (χ0v) is 15.4. The molecule has 0 saturated carbocycles. The van der Waals surface area contributed by atoms with Crippen molar-refractivity contribution in [1.82, 2.24) is 24.4 Å². The van der Waals surface area contributed by atoms with Crippen molar-refractivity contribution in [3.63, 3.8) is 0 Å². The molecule has 136 valence electrons. The van der Waals surface area contributed by atoms with Gasteiger partial charge in [-0.25, -0.2) is 15.0 Å². The van der Waals surface area contributed by atoms with Crippen LogP contribution in [-0.4, -0.2) is 51.2 Å². The number of rotatable bonds is 4. The first-order valence-electron chi connectivity index (χ1n) is 8.91. The third-order valence-electron chi connectivity index (χ3n) is 4.89. The van der Waals surface area contributed by atoms with Gasteiger partial charge in [0, 0.05) is 32.4 Å². The van der Waals surface area contributed by atoms with Crippen LogP contribution in [0.2, 0.25) is 0 Å². The Balaban J connectivity index is 1.65. The predicted molar refractivity (Wildman–Crippen MR) is 101 cm³/mol. The van der Waals surface area contributed by atoms with Gasteiger partial charge in [0.05, 0.1) is 36.8 Å². The number of nitrogens with one attached hydrogen (secondary N) is 1. The Hall–Kier alpha value is -2.51. The standard InChI is InChI=1S/C19H24N6O/c1-13-10-17(20-2)23-19(21-13)16-12-26-9-8-25(16)11-18-22-14-6-4-5-7-15(14)24(18)3/h4-7,10,16H,8-9,11-12H2,1-3H3,(H,20,21,23)/t16-/m1/s1. The molecule has 3 aromatic rings. The van der Waals surface area contributed by atoms with Gasteiger partial charge in [-0.1, -0.05) is 12.1 Å². The number of fused-ring (bicyclic) bond motifs is 1. The van der Waals surface area contributed by atoms with Crippen molar-refractivity contribution in [2.45, 2.75) is 19.5 Å². The Kier molecular flexibility index (Phi) is 4.57. The molecule has 0 aliphatic carbocycles. The van der Waals surface area contributed by atoms with E-state index in [0.29, 0.717) is 13.2 Å². The van der Waals surface area contributed by atoms with Gasteiger partial charge in [0.25, 0.3) is 0 Å². The van der Waals surface area contributed by atoms with E-state index in [4.69, 9.17) is 9.72 Å². The maximum Gasteiger partial charge on any atom is 0.150 e. The first kappa shape index (κ1) is 16.9. The Morgan fingerprint density at radius 3 is 2.88 bits per heavy atom. The Morgan fingerprint density at radius 1 is 1.23 bits per heavy atom. The molecule has 2 aromatic heterocycles. The Labute approximate surface area is 153 Å². The van der Waals surface area contributed by atoms with Crippen molar-refractivity contribution in [2.24, 2.45) is 7.05 Å². The number of hydrogen-bond donors (Lipinski definition) is 1. The summed E-state index contributed by atoms with van der Waals surface area (Å²) >= 11 is 0. The second kappa shape index (κ2) is 7.01. The Morgan fingerprint density at radius 2 is 2.08 bits per heavy atom. The molecule has 1 aliphatic heterocycles. The van der Waals surface area contributed by atoms with E-state index in [9.17, 15) is 0 Å². The van der Waals surface area contributed by atoms with Crippen molar-refractivity contribution >= 4 is 16.9 Å². The molecule has 1 atom stereocenters. The fourth-order valence-electron chi connectivity index (χ4n) is 3.45. The summed E-state index contributed by atoms with van der Waals surface area (Å²) in [6, 6.07) is 10.2. The molecule has 0 unspecified atom stereocenters. The molecule has 4 rings (SSSR count). The van der Waals surface area contributed by atoms with Gasteiger partial charge >= 0.3 is 0 Å². The van der Waals surface area contributed by atoms with E-state index < -0.39 is 0 Å². The smallest absolute Gasteiger partial charge is 0.150 e. The molecular weight excluding hydrogens is 328 g/mol. The third-order valence-corrected chi connectivity index (χ3v) is 4.89. The highest BCUT2D eigenvalue weighted by molar-refractivity contribution is 5.75. The first-order chi connectivity index (χ1) is 12.7. The minimum atomic E-state index is 0.0237. The van der Waals surface area contributed by atoms with Gasteiger partial charge in [0.15, 0.2) is 0 Å². The fraction of sp³-hybridized carbons (Fsp3) is 0.421. The van der Waals surface area contributed by atoms with Crippen LogP contribution in [0.15, 0.2) is 30.3 Å². The number of anilines is 1. The summed E-state index contributed by atoms with van der Waals surface area (Å²) in [5.74, 6) is 2.67. The van der Waals surface area contributed by atoms with Crippen molar-refractivity contribution in [3.05, 3.63) is 47.7 Å². The summed E-state index contributed by atoms with van der Waals surface area (Å²) in [5.41, 5.74) is 3.13. The lowest BCUT2D eigenvalue weighted by Crippen LogP contribution is -2.40. The van der Waals surface area contributed by atoms with Gasteiger partial charge in [-0.3, -0.25) is 4.90 Å². The lowest BCUT2D eigenvalue weighted by molar-refractivity contribution is -0.0173. The van der Waals surface area contributed by atoms with E-state index in [1.54, 1.807) is 0 Å². The van der Waals surface area contributed by atoms with Crippen molar-refractivity contribution in [3.8, 4) is 0 Å². The lowest BCUT2D eigenvalue weighted by Gasteiger charge is -2.34. The van der Waals surface area contributed by atoms with Crippen LogP contribution < -0.4 is 5.32 Å². The lowest BCUT2D eigenvalue weighted by atomic mass is 10.2. The Bertz CT molecular complexity index is 922. The topological polar surface area (TPSA) is 68.1 Å². The van der Waals surface area contributed by atoms with E-state index >= 15 is 0 Å². The molecule has 0 spiro atoms. The number of aromatic nitrogens is 4. The van der Waals surface area contributed by atoms with Gasteiger partial charge in [-0.15, -0.1) is 0 Å². The molecule has 0 amide bonds. The zero-order chi connectivity index (χ0) is 18.1. The quantitative estimate of drug-likeness (QED) is 0.777. The van der Waals surface area contributed by atoms with Crippen LogP contribution in [0.4, 0.5) is 5.82 Å². The third kappa shape index (κ3) is 3.15. The molecule has 0 radical (unpaired) electrons. The molecule has 1 aromatic carbocycles. The average molecular weight is 352 g/mol. The van der Waals surface area contributed by atoms with Crippen LogP contribution in [0.5, 0.6) is 0 Å². The number of aryl methyl sites for hydroxylation is 2. The first-order valence-corrected chi connectivity index (χ1v) is 8.91. The van der Waals surface area contributed by atoms with Crippen LogP contribution in [0.3, 0.4) is 0 Å². The molecule has 1 aliphatic rings. The molecular formula is C19H24N6O. The second-order valence-corrected chi connectivity index (χ2v) is 6.64. The molecule has 26 heavy (non-hydrogen) atoms. The van der Waals surface area contributed by atoms with Gasteiger partial charge in [-0.05, 0) is 19.1 Å². The number of ether oxygens (including phenoxy) is 1. The van der Waals surface area contributed by atoms with E-state index in [0.717, 1.165) is 47.3 Å². The van der Waals surface area contributed by atoms with E-state index in [2.05, 4.69) is 43.9 Å². The van der Waals surface area contributed by atoms with Crippen LogP contribution >= 0.6 is 0 Å². The van der Waals surface area contributed by atoms with E-state index in [1.165, 1.54) is 0 Å². The normalized spacial score (nSPS) is 18.3. The number of para-hydroxylation sites is 2. The molecule has 1 N–H and O–H groups in total. The van der Waals surface area contributed by atoms with Gasteiger partial charge in [-0.2, -0.15) is 0 Å². The second-order valence-electron chi connectivity index (χ2n) is 6.64. The van der Waals surface area contributed by atoms with Crippen molar-refractivity contribution < 1.29 is 4.74 Å². The van der Waals surface area contributed by atoms with Crippen molar-refractivity contribution in [1.29, 1.82) is 0 Å². The summed E-state index contributed by atoms with van der Waals surface area (Å²) in [4.78, 5) is 16.5. The van der Waals surface area contributed by atoms with E-state index in [-0.39, 0.29) is 6.04 Å². The molecule has 7 nitrogen and oxygen atoms in total. The van der Waals surface area contributed by atoms with Gasteiger partial charge in [0.2, 0.25) is 0 Å². The molecule has 1 saturated heterocycles. The van der Waals surface area contributed by atoms with Crippen LogP contribution in [-0.2, 0) is 18.3 Å². The summed E-state index contributed by atoms with van der Waals surface area (Å²) in [6.45, 7) is 4.87. The number of imidazole rings is 1.